The first kappa shape index (κ1) is 22.4. The molecule has 5 rings (SSSR count). The van der Waals surface area contributed by atoms with Crippen molar-refractivity contribution in [2.45, 2.75) is 19.4 Å². The van der Waals surface area contributed by atoms with Gasteiger partial charge in [0.05, 0.1) is 18.1 Å². The van der Waals surface area contributed by atoms with Gasteiger partial charge in [0, 0.05) is 32.0 Å². The maximum atomic E-state index is 13.4. The minimum atomic E-state index is -0.422. The lowest BCUT2D eigenvalue weighted by molar-refractivity contribution is -0.129. The fourth-order valence-corrected chi connectivity index (χ4v) is 4.49. The fourth-order valence-electron chi connectivity index (χ4n) is 4.49. The molecule has 7 heteroatoms. The number of carbonyl (C=O) groups is 2. The van der Waals surface area contributed by atoms with E-state index in [1.807, 2.05) is 84.7 Å². The summed E-state index contributed by atoms with van der Waals surface area (Å²) >= 11 is 0. The fraction of sp³-hybridized carbons (Fsp3) is 0.179. The van der Waals surface area contributed by atoms with Gasteiger partial charge in [-0.15, -0.1) is 0 Å². The Labute approximate surface area is 203 Å². The van der Waals surface area contributed by atoms with Crippen LogP contribution in [0.15, 0.2) is 78.5 Å². The highest BCUT2D eigenvalue weighted by atomic mass is 16.5. The van der Waals surface area contributed by atoms with Gasteiger partial charge in [0.1, 0.15) is 17.3 Å². The summed E-state index contributed by atoms with van der Waals surface area (Å²) in [6, 6.07) is 23.3. The van der Waals surface area contributed by atoms with Crippen molar-refractivity contribution in [1.82, 2.24) is 20.2 Å². The molecule has 0 fully saturated rings. The van der Waals surface area contributed by atoms with E-state index in [0.29, 0.717) is 30.2 Å². The Morgan fingerprint density at radius 3 is 2.60 bits per heavy atom. The zero-order chi connectivity index (χ0) is 24.4. The monoisotopic (exact) mass is 466 g/mol. The number of ether oxygens (including phenoxy) is 1. The molecule has 0 bridgehead atoms. The number of fused-ring (bicyclic) bond motifs is 2. The van der Waals surface area contributed by atoms with Crippen molar-refractivity contribution in [1.29, 1.82) is 0 Å². The van der Waals surface area contributed by atoms with E-state index in [1.54, 1.807) is 7.11 Å². The van der Waals surface area contributed by atoms with E-state index >= 15 is 0 Å². The van der Waals surface area contributed by atoms with Crippen LogP contribution < -0.4 is 10.1 Å². The van der Waals surface area contributed by atoms with Crippen LogP contribution >= 0.6 is 0 Å². The number of likely N-dealkylation sites (N-methyl/N-ethyl adjacent to an activating group) is 1. The smallest absolute Gasteiger partial charge is 0.274 e. The number of hydrogen-bond donors (Lipinski definition) is 2. The van der Waals surface area contributed by atoms with Crippen LogP contribution in [0.3, 0.4) is 0 Å². The molecule has 0 unspecified atom stereocenters. The number of nitrogens with zero attached hydrogens (tertiary/aromatic N) is 2. The second-order valence-electron chi connectivity index (χ2n) is 8.55. The maximum absolute atomic E-state index is 13.4. The highest BCUT2D eigenvalue weighted by Crippen LogP contribution is 2.37. The number of carbonyl (C=O) groups excluding carboxylic acids is 2. The van der Waals surface area contributed by atoms with Crippen LogP contribution in [0.2, 0.25) is 0 Å². The molecule has 2 N–H and O–H groups in total. The predicted molar refractivity (Wildman–Crippen MR) is 134 cm³/mol. The molecule has 0 atom stereocenters. The van der Waals surface area contributed by atoms with Crippen molar-refractivity contribution >= 4 is 28.4 Å². The quantitative estimate of drug-likeness (QED) is 0.448. The molecule has 0 saturated heterocycles. The summed E-state index contributed by atoms with van der Waals surface area (Å²) < 4.78 is 5.45. The van der Waals surface area contributed by atoms with Crippen LogP contribution in [0.25, 0.3) is 16.6 Å². The van der Waals surface area contributed by atoms with E-state index in [-0.39, 0.29) is 12.3 Å². The van der Waals surface area contributed by atoms with Crippen molar-refractivity contribution < 1.29 is 14.3 Å². The van der Waals surface area contributed by atoms with Crippen molar-refractivity contribution in [2.75, 3.05) is 14.2 Å². The number of imidazole rings is 1. The third-order valence-corrected chi connectivity index (χ3v) is 6.17. The molecule has 0 aliphatic carbocycles. The summed E-state index contributed by atoms with van der Waals surface area (Å²) in [5.74, 6) is 0.659. The maximum Gasteiger partial charge on any atom is 0.274 e. The van der Waals surface area contributed by atoms with Gasteiger partial charge >= 0.3 is 0 Å². The Kier molecular flexibility index (Phi) is 6.06. The van der Waals surface area contributed by atoms with Crippen LogP contribution in [0, 0.1) is 0 Å². The Balaban J connectivity index is 1.42. The first-order chi connectivity index (χ1) is 17.0. The number of methoxy groups -OCH3 is 1. The minimum Gasteiger partial charge on any atom is -0.497 e. The minimum absolute atomic E-state index is 0.146. The molecule has 2 heterocycles. The highest BCUT2D eigenvalue weighted by molar-refractivity contribution is 6.10. The zero-order valence-electron chi connectivity index (χ0n) is 19.7. The van der Waals surface area contributed by atoms with Crippen molar-refractivity contribution in [3.8, 4) is 5.75 Å². The third-order valence-electron chi connectivity index (χ3n) is 6.17. The average Bonchev–Trinajstić information content (AvgIpc) is 3.30. The molecule has 1 aliphatic heterocycles. The number of para-hydroxylation sites is 2. The molecular formula is C28H26N4O3. The van der Waals surface area contributed by atoms with E-state index in [4.69, 9.17) is 4.74 Å². The number of aromatic amines is 1. The predicted octanol–water partition coefficient (Wildman–Crippen LogP) is 4.05. The number of aromatic nitrogens is 2. The van der Waals surface area contributed by atoms with Gasteiger partial charge in [0.15, 0.2) is 0 Å². The van der Waals surface area contributed by atoms with Crippen LogP contribution in [-0.4, -0.2) is 40.8 Å². The number of rotatable bonds is 6. The Hall–Kier alpha value is -4.39. The molecule has 0 saturated carbocycles. The van der Waals surface area contributed by atoms with E-state index in [9.17, 15) is 9.59 Å². The lowest BCUT2D eigenvalue weighted by Gasteiger charge is -2.32. The number of amides is 2. The largest absolute Gasteiger partial charge is 0.497 e. The van der Waals surface area contributed by atoms with Gasteiger partial charge in [-0.1, -0.05) is 48.5 Å². The summed E-state index contributed by atoms with van der Waals surface area (Å²) in [6.45, 7) is 0.547. The summed E-state index contributed by atoms with van der Waals surface area (Å²) in [4.78, 5) is 35.8. The van der Waals surface area contributed by atoms with Crippen LogP contribution in [0.1, 0.15) is 28.9 Å². The first-order valence-corrected chi connectivity index (χ1v) is 11.5. The number of H-pyrrole nitrogens is 1. The van der Waals surface area contributed by atoms with E-state index in [1.165, 1.54) is 0 Å². The van der Waals surface area contributed by atoms with Gasteiger partial charge in [-0.05, 0) is 41.0 Å². The summed E-state index contributed by atoms with van der Waals surface area (Å²) in [7, 11) is 3.49. The molecule has 7 nitrogen and oxygen atoms in total. The molecule has 4 aromatic rings. The van der Waals surface area contributed by atoms with E-state index < -0.39 is 5.91 Å². The second kappa shape index (κ2) is 9.46. The average molecular weight is 467 g/mol. The molecule has 2 amide bonds. The van der Waals surface area contributed by atoms with E-state index in [2.05, 4.69) is 15.3 Å². The Bertz CT molecular complexity index is 1410. The lowest BCUT2D eigenvalue weighted by atomic mass is 9.88. The summed E-state index contributed by atoms with van der Waals surface area (Å²) in [5.41, 5.74) is 5.91. The van der Waals surface area contributed by atoms with Crippen molar-refractivity contribution in [3.63, 3.8) is 0 Å². The Morgan fingerprint density at radius 1 is 1.06 bits per heavy atom. The van der Waals surface area contributed by atoms with Crippen molar-refractivity contribution in [2.24, 2.45) is 0 Å². The lowest BCUT2D eigenvalue weighted by Crippen LogP contribution is -2.39. The Morgan fingerprint density at radius 2 is 1.83 bits per heavy atom. The van der Waals surface area contributed by atoms with Crippen LogP contribution in [-0.2, 0) is 22.6 Å². The molecule has 0 radical (unpaired) electrons. The van der Waals surface area contributed by atoms with Gasteiger partial charge in [-0.2, -0.15) is 0 Å². The first-order valence-electron chi connectivity index (χ1n) is 11.5. The normalized spacial score (nSPS) is 13.0. The highest BCUT2D eigenvalue weighted by Gasteiger charge is 2.29. The number of hydrogen-bond acceptors (Lipinski definition) is 5. The molecule has 0 spiro atoms. The standard InChI is InChI=1S/C28H26N4O3/c1-32-17-19-12-13-20(35-2)16-21(19)26(18-8-4-3-5-9-18)27(32)28(34)31-25(33)15-14-24-29-22-10-6-7-11-23(22)30-24/h3-13,16H,14-15,17H2,1-2H3,(H,29,30)(H,31,33,34). The number of benzene rings is 3. The molecule has 176 valence electrons. The van der Waals surface area contributed by atoms with Gasteiger partial charge in [0.25, 0.3) is 5.91 Å². The molecular weight excluding hydrogens is 440 g/mol. The summed E-state index contributed by atoms with van der Waals surface area (Å²) in [5, 5.41) is 2.59. The van der Waals surface area contributed by atoms with Gasteiger partial charge in [-0.25, -0.2) is 4.98 Å². The number of nitrogens with one attached hydrogen (secondary N) is 2. The molecule has 35 heavy (non-hydrogen) atoms. The third kappa shape index (κ3) is 4.53. The number of aryl methyl sites for hydroxylation is 1. The zero-order valence-corrected chi connectivity index (χ0v) is 19.7. The molecule has 1 aromatic heterocycles. The van der Waals surface area contributed by atoms with Crippen LogP contribution in [0.4, 0.5) is 0 Å². The van der Waals surface area contributed by atoms with Gasteiger partial charge in [0.2, 0.25) is 5.91 Å². The molecule has 3 aromatic carbocycles. The number of imide groups is 1. The van der Waals surface area contributed by atoms with Gasteiger partial charge in [-0.3, -0.25) is 14.9 Å². The second-order valence-corrected chi connectivity index (χ2v) is 8.55. The van der Waals surface area contributed by atoms with Crippen LogP contribution in [0.5, 0.6) is 5.75 Å². The van der Waals surface area contributed by atoms with Gasteiger partial charge < -0.3 is 14.6 Å². The summed E-state index contributed by atoms with van der Waals surface area (Å²) in [6.07, 6.45) is 0.557. The van der Waals surface area contributed by atoms with E-state index in [0.717, 1.165) is 33.3 Å². The topological polar surface area (TPSA) is 87.3 Å². The molecule has 1 aliphatic rings. The van der Waals surface area contributed by atoms with Crippen molar-refractivity contribution in [3.05, 3.63) is 101 Å². The SMILES string of the molecule is COc1ccc2c(c1)C(c1ccccc1)=C(C(=O)NC(=O)CCc1nc3ccccc3[nH]1)N(C)C2.